The van der Waals surface area contributed by atoms with Crippen molar-refractivity contribution in [1.29, 1.82) is 0 Å². The van der Waals surface area contributed by atoms with Crippen LogP contribution in [-0.2, 0) is 6.54 Å². The third kappa shape index (κ3) is 5.12. The summed E-state index contributed by atoms with van der Waals surface area (Å²) in [6, 6.07) is -0.272. The average molecular weight is 348 g/mol. The summed E-state index contributed by atoms with van der Waals surface area (Å²) in [4.78, 5) is 13.5. The maximum Gasteiger partial charge on any atom is 0.414 e. The number of halogens is 3. The molecule has 2 N–H and O–H groups in total. The van der Waals surface area contributed by atoms with E-state index >= 15 is 0 Å². The highest BCUT2D eigenvalue weighted by Gasteiger charge is 2.44. The maximum absolute atomic E-state index is 12.5. The van der Waals surface area contributed by atoms with E-state index in [1.807, 2.05) is 13.1 Å². The van der Waals surface area contributed by atoms with Crippen molar-refractivity contribution < 1.29 is 23.1 Å². The normalized spacial score (nSPS) is 17.8. The number of hydrogen-bond donors (Lipinski definition) is 2. The number of nitrogens with one attached hydrogen (secondary N) is 1. The molecule has 2 amide bonds. The molecule has 1 atom stereocenters. The zero-order valence-corrected chi connectivity index (χ0v) is 13.6. The number of aromatic nitrogens is 2. The maximum atomic E-state index is 12.5. The van der Waals surface area contributed by atoms with Gasteiger partial charge in [-0.2, -0.15) is 18.3 Å². The van der Waals surface area contributed by atoms with E-state index in [-0.39, 0.29) is 32.0 Å². The van der Waals surface area contributed by atoms with Crippen molar-refractivity contribution in [3.63, 3.8) is 0 Å². The van der Waals surface area contributed by atoms with Gasteiger partial charge in [0.25, 0.3) is 0 Å². The van der Waals surface area contributed by atoms with Gasteiger partial charge in [0.1, 0.15) is 0 Å². The number of hydrogen-bond acceptors (Lipinski definition) is 3. The lowest BCUT2D eigenvalue weighted by atomic mass is 9.91. The van der Waals surface area contributed by atoms with Gasteiger partial charge < -0.3 is 15.3 Å². The number of urea groups is 1. The fourth-order valence-electron chi connectivity index (χ4n) is 2.82. The summed E-state index contributed by atoms with van der Waals surface area (Å²) in [7, 11) is 0. The highest BCUT2D eigenvalue weighted by atomic mass is 19.4. The van der Waals surface area contributed by atoms with Crippen LogP contribution in [0.25, 0.3) is 0 Å². The Hall–Kier alpha value is -1.77. The molecule has 1 fully saturated rings. The molecule has 2 rings (SSSR count). The predicted molar refractivity (Wildman–Crippen MR) is 81.3 cm³/mol. The molecule has 0 aliphatic carbocycles. The number of piperidine rings is 1. The van der Waals surface area contributed by atoms with Crippen LogP contribution < -0.4 is 5.32 Å². The second-order valence-electron chi connectivity index (χ2n) is 6.18. The van der Waals surface area contributed by atoms with Crippen LogP contribution in [0.15, 0.2) is 12.4 Å². The smallest absolute Gasteiger partial charge is 0.383 e. The Morgan fingerprint density at radius 3 is 2.67 bits per heavy atom. The number of rotatable bonds is 5. The van der Waals surface area contributed by atoms with Gasteiger partial charge in [-0.25, -0.2) is 4.79 Å². The molecule has 1 aliphatic heterocycles. The third-order valence-corrected chi connectivity index (χ3v) is 4.21. The number of amides is 2. The van der Waals surface area contributed by atoms with Gasteiger partial charge in [-0.3, -0.25) is 4.68 Å². The summed E-state index contributed by atoms with van der Waals surface area (Å²) >= 11 is 0. The van der Waals surface area contributed by atoms with E-state index in [4.69, 9.17) is 0 Å². The lowest BCUT2D eigenvalue weighted by Crippen LogP contribution is -2.48. The first kappa shape index (κ1) is 18.6. The Kier molecular flexibility index (Phi) is 6.09. The van der Waals surface area contributed by atoms with E-state index in [9.17, 15) is 23.1 Å². The molecule has 0 radical (unpaired) electrons. The van der Waals surface area contributed by atoms with Crippen LogP contribution in [-0.4, -0.2) is 57.7 Å². The van der Waals surface area contributed by atoms with E-state index in [1.165, 1.54) is 4.90 Å². The average Bonchev–Trinajstić information content (AvgIpc) is 2.95. The van der Waals surface area contributed by atoms with Crippen LogP contribution >= 0.6 is 0 Å². The molecule has 1 aromatic rings. The molecule has 9 heteroatoms. The van der Waals surface area contributed by atoms with Crippen LogP contribution in [0.2, 0.25) is 0 Å². The second kappa shape index (κ2) is 7.87. The van der Waals surface area contributed by atoms with E-state index in [0.29, 0.717) is 13.1 Å². The SMILES string of the molecule is Cc1cnn(CCCNC(=O)N2CCC([C@H](O)C(F)(F)F)CC2)c1. The highest BCUT2D eigenvalue weighted by molar-refractivity contribution is 5.74. The topological polar surface area (TPSA) is 70.4 Å². The van der Waals surface area contributed by atoms with Crippen LogP contribution in [0.3, 0.4) is 0 Å². The molecule has 6 nitrogen and oxygen atoms in total. The predicted octanol–water partition coefficient (Wildman–Crippen LogP) is 1.93. The fraction of sp³-hybridized carbons (Fsp3) is 0.733. The lowest BCUT2D eigenvalue weighted by molar-refractivity contribution is -0.222. The molecule has 24 heavy (non-hydrogen) atoms. The minimum absolute atomic E-state index is 0.153. The van der Waals surface area contributed by atoms with Gasteiger partial charge in [-0.1, -0.05) is 0 Å². The summed E-state index contributed by atoms with van der Waals surface area (Å²) in [5, 5.41) is 16.2. The molecule has 136 valence electrons. The zero-order chi connectivity index (χ0) is 17.7. The Bertz CT molecular complexity index is 539. The first-order valence-corrected chi connectivity index (χ1v) is 8.04. The standard InChI is InChI=1S/C15H23F3N4O2/c1-11-9-20-22(10-11)6-2-5-19-14(24)21-7-3-12(4-8-21)13(23)15(16,17)18/h9-10,12-13,23H,2-8H2,1H3,(H,19,24)/t13-/m0/s1. The molecule has 0 unspecified atom stereocenters. The molecule has 1 saturated heterocycles. The minimum Gasteiger partial charge on any atom is -0.383 e. The molecule has 0 saturated carbocycles. The number of aliphatic hydroxyl groups is 1. The molecule has 1 aromatic heterocycles. The van der Waals surface area contributed by atoms with E-state index in [2.05, 4.69) is 10.4 Å². The van der Waals surface area contributed by atoms with Gasteiger partial charge >= 0.3 is 12.2 Å². The fourth-order valence-corrected chi connectivity index (χ4v) is 2.82. The number of nitrogens with zero attached hydrogens (tertiary/aromatic N) is 3. The number of carbonyl (C=O) groups excluding carboxylic acids is 1. The number of carbonyl (C=O) groups is 1. The van der Waals surface area contributed by atoms with Crippen molar-refractivity contribution in [3.8, 4) is 0 Å². The van der Waals surface area contributed by atoms with Crippen molar-refractivity contribution in [2.45, 2.75) is 45.0 Å². The molecule has 0 spiro atoms. The molecule has 1 aliphatic rings. The highest BCUT2D eigenvalue weighted by Crippen LogP contribution is 2.31. The van der Waals surface area contributed by atoms with E-state index in [1.54, 1.807) is 10.9 Å². The number of alkyl halides is 3. The van der Waals surface area contributed by atoms with Gasteiger partial charge in [0.2, 0.25) is 0 Å². The zero-order valence-electron chi connectivity index (χ0n) is 13.6. The Morgan fingerprint density at radius 1 is 1.46 bits per heavy atom. The van der Waals surface area contributed by atoms with Crippen LogP contribution in [0, 0.1) is 12.8 Å². The van der Waals surface area contributed by atoms with Crippen LogP contribution in [0.4, 0.5) is 18.0 Å². The summed E-state index contributed by atoms with van der Waals surface area (Å²) in [5.41, 5.74) is 1.07. The van der Waals surface area contributed by atoms with Crippen molar-refractivity contribution in [2.24, 2.45) is 5.92 Å². The van der Waals surface area contributed by atoms with E-state index in [0.717, 1.165) is 12.0 Å². The van der Waals surface area contributed by atoms with Crippen molar-refractivity contribution in [3.05, 3.63) is 18.0 Å². The second-order valence-corrected chi connectivity index (χ2v) is 6.18. The van der Waals surface area contributed by atoms with Gasteiger partial charge in [0, 0.05) is 32.4 Å². The monoisotopic (exact) mass is 348 g/mol. The minimum atomic E-state index is -4.60. The molecule has 0 aromatic carbocycles. The quantitative estimate of drug-likeness (QED) is 0.799. The summed E-state index contributed by atoms with van der Waals surface area (Å²) in [6.07, 6.45) is -2.20. The van der Waals surface area contributed by atoms with Gasteiger partial charge in [0.05, 0.1) is 6.20 Å². The van der Waals surface area contributed by atoms with Crippen molar-refractivity contribution in [2.75, 3.05) is 19.6 Å². The van der Waals surface area contributed by atoms with Gasteiger partial charge in [-0.15, -0.1) is 0 Å². The van der Waals surface area contributed by atoms with Gasteiger partial charge in [-0.05, 0) is 37.7 Å². The number of aliphatic hydroxyl groups excluding tert-OH is 1. The number of likely N-dealkylation sites (tertiary alicyclic amines) is 1. The number of aryl methyl sites for hydroxylation is 2. The van der Waals surface area contributed by atoms with Crippen LogP contribution in [0.5, 0.6) is 0 Å². The Morgan fingerprint density at radius 2 is 2.12 bits per heavy atom. The first-order chi connectivity index (χ1) is 11.3. The molecular formula is C15H23F3N4O2. The van der Waals surface area contributed by atoms with Gasteiger partial charge in [0.15, 0.2) is 6.10 Å². The lowest BCUT2D eigenvalue weighted by Gasteiger charge is -2.34. The summed E-state index contributed by atoms with van der Waals surface area (Å²) in [5.74, 6) is -0.836. The Labute approximate surface area is 138 Å². The Balaban J connectivity index is 1.65. The molecular weight excluding hydrogens is 325 g/mol. The van der Waals surface area contributed by atoms with Crippen LogP contribution in [0.1, 0.15) is 24.8 Å². The molecule has 0 bridgehead atoms. The first-order valence-electron chi connectivity index (χ1n) is 8.04. The van der Waals surface area contributed by atoms with Crippen molar-refractivity contribution >= 4 is 6.03 Å². The summed E-state index contributed by atoms with van der Waals surface area (Å²) in [6.45, 7) is 3.56. The van der Waals surface area contributed by atoms with E-state index < -0.39 is 18.2 Å². The third-order valence-electron chi connectivity index (χ3n) is 4.21. The summed E-state index contributed by atoms with van der Waals surface area (Å²) < 4.78 is 39.3. The largest absolute Gasteiger partial charge is 0.414 e. The van der Waals surface area contributed by atoms with Crippen molar-refractivity contribution in [1.82, 2.24) is 20.0 Å². The molecule has 2 heterocycles.